The number of aliphatic imine (C=N–C) groups is 1. The minimum Gasteiger partial charge on any atom is -0.370 e. The third kappa shape index (κ3) is 2.19. The van der Waals surface area contributed by atoms with Crippen LogP contribution in [0.5, 0.6) is 0 Å². The summed E-state index contributed by atoms with van der Waals surface area (Å²) in [5.74, 6) is 0.636. The number of hydrogen-bond donors (Lipinski definition) is 2. The lowest BCUT2D eigenvalue weighted by atomic mass is 9.74. The largest absolute Gasteiger partial charge is 0.370 e. The van der Waals surface area contributed by atoms with Gasteiger partial charge in [-0.3, -0.25) is 0 Å². The smallest absolute Gasteiger partial charge is 0.212 e. The van der Waals surface area contributed by atoms with Crippen LogP contribution in [0.25, 0.3) is 0 Å². The molecule has 0 aromatic carbocycles. The van der Waals surface area contributed by atoms with E-state index in [0.29, 0.717) is 16.5 Å². The molecule has 5 heteroatoms. The van der Waals surface area contributed by atoms with E-state index in [2.05, 4.69) is 30.7 Å². The zero-order valence-electron chi connectivity index (χ0n) is 9.95. The molecule has 0 spiro atoms. The predicted molar refractivity (Wildman–Crippen MR) is 68.1 cm³/mol. The van der Waals surface area contributed by atoms with Gasteiger partial charge in [-0.15, -0.1) is 0 Å². The van der Waals surface area contributed by atoms with E-state index >= 15 is 0 Å². The quantitative estimate of drug-likeness (QED) is 0.581. The van der Waals surface area contributed by atoms with Crippen molar-refractivity contribution in [3.63, 3.8) is 0 Å². The summed E-state index contributed by atoms with van der Waals surface area (Å²) in [5.41, 5.74) is 12.2. The number of nitrogens with zero attached hydrogens (tertiary/aromatic N) is 2. The second kappa shape index (κ2) is 3.73. The van der Waals surface area contributed by atoms with Crippen LogP contribution in [0.2, 0.25) is 0 Å². The van der Waals surface area contributed by atoms with Gasteiger partial charge in [0.2, 0.25) is 5.13 Å². The summed E-state index contributed by atoms with van der Waals surface area (Å²) >= 11 is 1.61. The average Bonchev–Trinajstić information content (AvgIpc) is 2.43. The fourth-order valence-electron chi connectivity index (χ4n) is 2.47. The van der Waals surface area contributed by atoms with Crippen LogP contribution in [0.3, 0.4) is 0 Å². The van der Waals surface area contributed by atoms with Gasteiger partial charge in [-0.25, -0.2) is 4.98 Å². The van der Waals surface area contributed by atoms with Crippen molar-refractivity contribution in [2.75, 3.05) is 0 Å². The molecule has 0 bridgehead atoms. The molecule has 0 amide bonds. The van der Waals surface area contributed by atoms with Gasteiger partial charge in [0.1, 0.15) is 0 Å². The number of nitrogens with two attached hydrogens (primary N) is 2. The maximum Gasteiger partial charge on any atom is 0.212 e. The Labute approximate surface area is 99.8 Å². The topological polar surface area (TPSA) is 77.3 Å². The molecule has 0 unspecified atom stereocenters. The van der Waals surface area contributed by atoms with Crippen molar-refractivity contribution in [1.29, 1.82) is 0 Å². The van der Waals surface area contributed by atoms with Crippen molar-refractivity contribution in [2.45, 2.75) is 39.5 Å². The number of rotatable bonds is 1. The van der Waals surface area contributed by atoms with Gasteiger partial charge in [-0.05, 0) is 24.2 Å². The highest BCUT2D eigenvalue weighted by atomic mass is 32.1. The molecule has 0 saturated carbocycles. The summed E-state index contributed by atoms with van der Waals surface area (Å²) in [5, 5.41) is 0.689. The molecule has 0 fully saturated rings. The molecule has 0 saturated heterocycles. The molecule has 16 heavy (non-hydrogen) atoms. The van der Waals surface area contributed by atoms with E-state index in [9.17, 15) is 0 Å². The molecule has 2 rings (SSSR count). The maximum atomic E-state index is 5.36. The Morgan fingerprint density at radius 3 is 2.81 bits per heavy atom. The Kier molecular flexibility index (Phi) is 2.66. The van der Waals surface area contributed by atoms with E-state index in [4.69, 9.17) is 11.5 Å². The van der Waals surface area contributed by atoms with Crippen LogP contribution < -0.4 is 11.5 Å². The first kappa shape index (κ1) is 11.4. The lowest BCUT2D eigenvalue weighted by molar-refractivity contribution is 0.288. The maximum absolute atomic E-state index is 5.36. The summed E-state index contributed by atoms with van der Waals surface area (Å²) in [4.78, 5) is 9.88. The van der Waals surface area contributed by atoms with Crippen LogP contribution in [0.15, 0.2) is 4.99 Å². The van der Waals surface area contributed by atoms with Gasteiger partial charge >= 0.3 is 0 Å². The molecule has 0 aliphatic heterocycles. The molecule has 88 valence electrons. The van der Waals surface area contributed by atoms with Crippen molar-refractivity contribution in [3.8, 4) is 0 Å². The SMILES string of the molecule is C[C@@H]1CC(C)(C)Cc2nc(N=C(N)N)sc21. The minimum absolute atomic E-state index is 0.0815. The molecule has 1 atom stereocenters. The molecular weight excluding hydrogens is 220 g/mol. The molecule has 1 aliphatic rings. The standard InChI is InChI=1S/C11H18N4S/c1-6-4-11(2,3)5-7-8(6)16-10(14-7)15-9(12)13/h6H,4-5H2,1-3H3,(H4,12,13,14,15)/t6-/m1/s1. The molecule has 0 radical (unpaired) electrons. The van der Waals surface area contributed by atoms with Gasteiger partial charge < -0.3 is 11.5 Å². The Morgan fingerprint density at radius 1 is 1.50 bits per heavy atom. The van der Waals surface area contributed by atoms with Gasteiger partial charge in [0.25, 0.3) is 0 Å². The molecule has 1 aromatic heterocycles. The number of hydrogen-bond acceptors (Lipinski definition) is 3. The molecule has 1 aromatic rings. The van der Waals surface area contributed by atoms with Gasteiger partial charge in [-0.2, -0.15) is 4.99 Å². The van der Waals surface area contributed by atoms with Crippen molar-refractivity contribution in [2.24, 2.45) is 21.9 Å². The molecule has 4 nitrogen and oxygen atoms in total. The van der Waals surface area contributed by atoms with E-state index in [1.807, 2.05) is 0 Å². The van der Waals surface area contributed by atoms with Crippen molar-refractivity contribution < 1.29 is 0 Å². The second-order valence-electron chi connectivity index (χ2n) is 5.29. The molecule has 1 aliphatic carbocycles. The Balaban J connectivity index is 2.37. The summed E-state index contributed by atoms with van der Waals surface area (Å²) in [7, 11) is 0. The lowest BCUT2D eigenvalue weighted by Gasteiger charge is -2.32. The Bertz CT molecular complexity index is 429. The average molecular weight is 238 g/mol. The fraction of sp³-hybridized carbons (Fsp3) is 0.636. The first-order valence-corrected chi connectivity index (χ1v) is 6.28. The van der Waals surface area contributed by atoms with Gasteiger partial charge in [0.05, 0.1) is 5.69 Å². The van der Waals surface area contributed by atoms with Crippen LogP contribution >= 0.6 is 11.3 Å². The van der Waals surface area contributed by atoms with E-state index in [-0.39, 0.29) is 5.96 Å². The number of thiazole rings is 1. The summed E-state index contributed by atoms with van der Waals surface area (Å²) < 4.78 is 0. The van der Waals surface area contributed by atoms with Crippen molar-refractivity contribution in [3.05, 3.63) is 10.6 Å². The molecule has 4 N–H and O–H groups in total. The highest BCUT2D eigenvalue weighted by molar-refractivity contribution is 7.15. The van der Waals surface area contributed by atoms with Crippen LogP contribution in [0.4, 0.5) is 5.13 Å². The van der Waals surface area contributed by atoms with Crippen LogP contribution in [-0.2, 0) is 6.42 Å². The summed E-state index contributed by atoms with van der Waals surface area (Å²) in [6.07, 6.45) is 2.21. The third-order valence-corrected chi connectivity index (χ3v) is 4.12. The Morgan fingerprint density at radius 2 is 2.19 bits per heavy atom. The van der Waals surface area contributed by atoms with E-state index in [1.165, 1.54) is 17.0 Å². The number of fused-ring (bicyclic) bond motifs is 1. The lowest BCUT2D eigenvalue weighted by Crippen LogP contribution is -2.23. The minimum atomic E-state index is 0.0815. The van der Waals surface area contributed by atoms with Crippen molar-refractivity contribution in [1.82, 2.24) is 4.98 Å². The molecular formula is C11H18N4S. The van der Waals surface area contributed by atoms with Crippen LogP contribution in [-0.4, -0.2) is 10.9 Å². The first-order valence-electron chi connectivity index (χ1n) is 5.46. The highest BCUT2D eigenvalue weighted by Crippen LogP contribution is 2.45. The normalized spacial score (nSPS) is 22.6. The Hall–Kier alpha value is -1.10. The third-order valence-electron chi connectivity index (χ3n) is 2.89. The van der Waals surface area contributed by atoms with E-state index in [0.717, 1.165) is 6.42 Å². The number of guanidine groups is 1. The monoisotopic (exact) mass is 238 g/mol. The fourth-order valence-corrected chi connectivity index (χ4v) is 3.49. The van der Waals surface area contributed by atoms with Gasteiger partial charge in [0, 0.05) is 4.88 Å². The molecule has 1 heterocycles. The van der Waals surface area contributed by atoms with E-state index < -0.39 is 0 Å². The highest BCUT2D eigenvalue weighted by Gasteiger charge is 2.32. The van der Waals surface area contributed by atoms with Crippen LogP contribution in [0.1, 0.15) is 43.7 Å². The van der Waals surface area contributed by atoms with Gasteiger partial charge in [0.15, 0.2) is 5.96 Å². The van der Waals surface area contributed by atoms with Crippen molar-refractivity contribution >= 4 is 22.4 Å². The number of aromatic nitrogens is 1. The van der Waals surface area contributed by atoms with Crippen LogP contribution in [0, 0.1) is 5.41 Å². The zero-order valence-corrected chi connectivity index (χ0v) is 10.8. The summed E-state index contributed by atoms with van der Waals surface area (Å²) in [6.45, 7) is 6.81. The summed E-state index contributed by atoms with van der Waals surface area (Å²) in [6, 6.07) is 0. The zero-order chi connectivity index (χ0) is 11.9. The van der Waals surface area contributed by atoms with E-state index in [1.54, 1.807) is 11.3 Å². The predicted octanol–water partition coefficient (Wildman–Crippen LogP) is 2.12. The second-order valence-corrected chi connectivity index (χ2v) is 6.30. The van der Waals surface area contributed by atoms with Gasteiger partial charge in [-0.1, -0.05) is 32.1 Å². The first-order chi connectivity index (χ1) is 7.37.